The van der Waals surface area contributed by atoms with Crippen molar-refractivity contribution in [3.05, 3.63) is 47.0 Å². The molecule has 1 aromatic carbocycles. The maximum absolute atomic E-state index is 13.3. The van der Waals surface area contributed by atoms with Crippen molar-refractivity contribution < 1.29 is 4.39 Å². The Morgan fingerprint density at radius 2 is 1.64 bits per heavy atom. The summed E-state index contributed by atoms with van der Waals surface area (Å²) in [7, 11) is 0. The Morgan fingerprint density at radius 1 is 0.909 bits per heavy atom. The Hall–Kier alpha value is -1.64. The number of hydrogen-bond donors (Lipinski definition) is 0. The van der Waals surface area contributed by atoms with Crippen molar-refractivity contribution in [3.8, 4) is 5.69 Å². The third-order valence-electron chi connectivity index (χ3n) is 5.26. The summed E-state index contributed by atoms with van der Waals surface area (Å²) in [5.41, 5.74) is 5.23. The van der Waals surface area contributed by atoms with Gasteiger partial charge in [-0.1, -0.05) is 19.3 Å². The van der Waals surface area contributed by atoms with Gasteiger partial charge < -0.3 is 0 Å². The van der Waals surface area contributed by atoms with E-state index >= 15 is 0 Å². The Balaban J connectivity index is 1.82. The largest absolute Gasteiger partial charge is 0.237 e. The average molecular weight is 298 g/mol. The maximum Gasteiger partial charge on any atom is 0.123 e. The van der Waals surface area contributed by atoms with Crippen molar-refractivity contribution in [3.63, 3.8) is 0 Å². The van der Waals surface area contributed by atoms with Gasteiger partial charge in [-0.25, -0.2) is 9.07 Å². The predicted octanol–water partition coefficient (Wildman–Crippen LogP) is 4.94. The molecule has 4 rings (SSSR count). The second-order valence-corrected chi connectivity index (χ2v) is 6.74. The number of aromatic nitrogens is 2. The first-order valence-corrected chi connectivity index (χ1v) is 8.69. The second-order valence-electron chi connectivity index (χ2n) is 6.74. The molecule has 0 radical (unpaired) electrons. The van der Waals surface area contributed by atoms with Gasteiger partial charge >= 0.3 is 0 Å². The van der Waals surface area contributed by atoms with E-state index in [4.69, 9.17) is 5.10 Å². The number of fused-ring (bicyclic) bond motifs is 1. The Labute approximate surface area is 131 Å². The van der Waals surface area contributed by atoms with Crippen LogP contribution in [0.5, 0.6) is 0 Å². The standard InChI is InChI=1S/C19H23FN2/c20-15-10-12-16(13-11-15)22-19(14-6-2-1-3-7-14)17-8-4-5-9-18(17)21-22/h10-14H,1-9H2. The number of benzene rings is 1. The molecule has 0 spiro atoms. The molecule has 2 nitrogen and oxygen atoms in total. The van der Waals surface area contributed by atoms with E-state index in [1.165, 1.54) is 68.3 Å². The number of nitrogens with zero attached hydrogens (tertiary/aromatic N) is 2. The van der Waals surface area contributed by atoms with E-state index in [9.17, 15) is 4.39 Å². The second kappa shape index (κ2) is 5.86. The lowest BCUT2D eigenvalue weighted by atomic mass is 9.83. The van der Waals surface area contributed by atoms with Crippen LogP contribution in [0.15, 0.2) is 24.3 Å². The molecule has 0 N–H and O–H groups in total. The van der Waals surface area contributed by atoms with E-state index < -0.39 is 0 Å². The highest BCUT2D eigenvalue weighted by Gasteiger charge is 2.28. The Kier molecular flexibility index (Phi) is 3.73. The first-order chi connectivity index (χ1) is 10.8. The molecular weight excluding hydrogens is 275 g/mol. The maximum atomic E-state index is 13.3. The zero-order chi connectivity index (χ0) is 14.9. The van der Waals surface area contributed by atoms with E-state index in [0.717, 1.165) is 12.1 Å². The molecule has 22 heavy (non-hydrogen) atoms. The molecule has 2 aliphatic rings. The van der Waals surface area contributed by atoms with E-state index in [1.807, 2.05) is 12.1 Å². The molecule has 0 aliphatic heterocycles. The summed E-state index contributed by atoms with van der Waals surface area (Å²) in [4.78, 5) is 0. The average Bonchev–Trinajstić information content (AvgIpc) is 2.96. The summed E-state index contributed by atoms with van der Waals surface area (Å²) in [5, 5.41) is 4.92. The van der Waals surface area contributed by atoms with E-state index in [2.05, 4.69) is 4.68 Å². The predicted molar refractivity (Wildman–Crippen MR) is 86.0 cm³/mol. The molecule has 0 unspecified atom stereocenters. The molecule has 0 amide bonds. The molecule has 0 saturated heterocycles. The SMILES string of the molecule is Fc1ccc(-n2nc3c(c2C2CCCCC2)CCCC3)cc1. The van der Waals surface area contributed by atoms with Gasteiger partial charge in [0.2, 0.25) is 0 Å². The van der Waals surface area contributed by atoms with Gasteiger partial charge in [0.05, 0.1) is 17.1 Å². The number of aryl methyl sites for hydroxylation is 1. The molecule has 2 aromatic rings. The van der Waals surface area contributed by atoms with Crippen molar-refractivity contribution in [2.75, 3.05) is 0 Å². The van der Waals surface area contributed by atoms with Crippen LogP contribution in [-0.2, 0) is 12.8 Å². The molecule has 1 saturated carbocycles. The number of halogens is 1. The van der Waals surface area contributed by atoms with Gasteiger partial charge in [0, 0.05) is 5.92 Å². The number of rotatable bonds is 2. The summed E-state index contributed by atoms with van der Waals surface area (Å²) in [5.74, 6) is 0.452. The lowest BCUT2D eigenvalue weighted by Crippen LogP contribution is -2.13. The highest BCUT2D eigenvalue weighted by atomic mass is 19.1. The zero-order valence-corrected chi connectivity index (χ0v) is 13.0. The van der Waals surface area contributed by atoms with E-state index in [1.54, 1.807) is 12.1 Å². The minimum absolute atomic E-state index is 0.181. The monoisotopic (exact) mass is 298 g/mol. The minimum Gasteiger partial charge on any atom is -0.237 e. The van der Waals surface area contributed by atoms with Crippen LogP contribution in [-0.4, -0.2) is 9.78 Å². The fourth-order valence-corrected chi connectivity index (χ4v) is 4.15. The van der Waals surface area contributed by atoms with Gasteiger partial charge in [-0.2, -0.15) is 5.10 Å². The fourth-order valence-electron chi connectivity index (χ4n) is 4.15. The summed E-state index contributed by atoms with van der Waals surface area (Å²) in [6, 6.07) is 6.81. The summed E-state index contributed by atoms with van der Waals surface area (Å²) in [6.45, 7) is 0. The lowest BCUT2D eigenvalue weighted by molar-refractivity contribution is 0.427. The molecule has 116 valence electrons. The summed E-state index contributed by atoms with van der Waals surface area (Å²) < 4.78 is 15.4. The van der Waals surface area contributed by atoms with Crippen molar-refractivity contribution in [2.45, 2.75) is 63.7 Å². The molecule has 1 heterocycles. The smallest absolute Gasteiger partial charge is 0.123 e. The summed E-state index contributed by atoms with van der Waals surface area (Å²) >= 11 is 0. The van der Waals surface area contributed by atoms with Crippen molar-refractivity contribution >= 4 is 0 Å². The topological polar surface area (TPSA) is 17.8 Å². The lowest BCUT2D eigenvalue weighted by Gasteiger charge is -2.24. The number of hydrogen-bond acceptors (Lipinski definition) is 1. The van der Waals surface area contributed by atoms with Gasteiger partial charge in [-0.15, -0.1) is 0 Å². The Bertz CT molecular complexity index is 651. The van der Waals surface area contributed by atoms with Crippen molar-refractivity contribution in [1.29, 1.82) is 0 Å². The van der Waals surface area contributed by atoms with Gasteiger partial charge in [-0.3, -0.25) is 0 Å². The van der Waals surface area contributed by atoms with Gasteiger partial charge in [0.25, 0.3) is 0 Å². The molecule has 3 heteroatoms. The van der Waals surface area contributed by atoms with Crippen LogP contribution in [0.4, 0.5) is 4.39 Å². The molecular formula is C19H23FN2. The van der Waals surface area contributed by atoms with E-state index in [0.29, 0.717) is 5.92 Å². The van der Waals surface area contributed by atoms with Crippen LogP contribution in [0.1, 0.15) is 67.8 Å². The third-order valence-corrected chi connectivity index (χ3v) is 5.26. The first kappa shape index (κ1) is 14.0. The molecule has 1 fully saturated rings. The fraction of sp³-hybridized carbons (Fsp3) is 0.526. The normalized spacial score (nSPS) is 19.1. The Morgan fingerprint density at radius 3 is 2.41 bits per heavy atom. The van der Waals surface area contributed by atoms with Gasteiger partial charge in [-0.05, 0) is 68.4 Å². The van der Waals surface area contributed by atoms with E-state index in [-0.39, 0.29) is 5.82 Å². The van der Waals surface area contributed by atoms with Gasteiger partial charge in [0.1, 0.15) is 5.82 Å². The molecule has 0 bridgehead atoms. The first-order valence-electron chi connectivity index (χ1n) is 8.69. The van der Waals surface area contributed by atoms with Crippen molar-refractivity contribution in [2.24, 2.45) is 0 Å². The third kappa shape index (κ3) is 2.47. The summed E-state index contributed by atoms with van der Waals surface area (Å²) in [6.07, 6.45) is 11.4. The zero-order valence-electron chi connectivity index (χ0n) is 13.0. The van der Waals surface area contributed by atoms with Crippen LogP contribution in [0.2, 0.25) is 0 Å². The minimum atomic E-state index is -0.181. The quantitative estimate of drug-likeness (QED) is 0.768. The van der Waals surface area contributed by atoms with Crippen LogP contribution in [0.3, 0.4) is 0 Å². The molecule has 1 aromatic heterocycles. The van der Waals surface area contributed by atoms with Crippen LogP contribution in [0.25, 0.3) is 5.69 Å². The highest BCUT2D eigenvalue weighted by Crippen LogP contribution is 2.38. The van der Waals surface area contributed by atoms with Crippen LogP contribution in [0, 0.1) is 5.82 Å². The molecule has 0 atom stereocenters. The molecule has 2 aliphatic carbocycles. The highest BCUT2D eigenvalue weighted by molar-refractivity contribution is 5.40. The van der Waals surface area contributed by atoms with Crippen molar-refractivity contribution in [1.82, 2.24) is 9.78 Å². The van der Waals surface area contributed by atoms with Crippen LogP contribution >= 0.6 is 0 Å². The van der Waals surface area contributed by atoms with Gasteiger partial charge in [0.15, 0.2) is 0 Å². The van der Waals surface area contributed by atoms with Crippen LogP contribution < -0.4 is 0 Å².